The predicted molar refractivity (Wildman–Crippen MR) is 158 cm³/mol. The third-order valence-electron chi connectivity index (χ3n) is 8.35. The average Bonchev–Trinajstić information content (AvgIpc) is 3.31. The normalized spacial score (nSPS) is 20.3. The lowest BCUT2D eigenvalue weighted by Crippen LogP contribution is -2.56. The third-order valence-corrected chi connectivity index (χ3v) is 8.35. The van der Waals surface area contributed by atoms with Crippen molar-refractivity contribution in [2.24, 2.45) is 0 Å². The molecule has 1 atom stereocenters. The van der Waals surface area contributed by atoms with Gasteiger partial charge in [0.15, 0.2) is 0 Å². The maximum absolute atomic E-state index is 13.1. The standard InChI is InChI=1S/C32H42N6O3/c1-32(2,3)41-27-20-37(21-27)30(39)17-23-7-5-4-6-22-16-24(8-9-28(22)23)29-10-13-33-31(36-29)35-25-18-34-38(19-25)26-11-14-40-15-12-26/h8-10,13,16,18-19,23,26-27H,4-7,11-12,14-15,17,20-21H2,1-3H3,(H,33,35,36). The molecule has 1 amide bonds. The van der Waals surface area contributed by atoms with Crippen LogP contribution in [0.25, 0.3) is 11.3 Å². The fourth-order valence-electron chi connectivity index (χ4n) is 6.27. The number of anilines is 2. The predicted octanol–water partition coefficient (Wildman–Crippen LogP) is 5.66. The number of benzene rings is 1. The first kappa shape index (κ1) is 27.8. The second-order valence-corrected chi connectivity index (χ2v) is 12.7. The minimum Gasteiger partial charge on any atom is -0.381 e. The summed E-state index contributed by atoms with van der Waals surface area (Å²) in [5.74, 6) is 1.05. The topological polar surface area (TPSA) is 94.4 Å². The largest absolute Gasteiger partial charge is 0.381 e. The highest BCUT2D eigenvalue weighted by molar-refractivity contribution is 5.78. The van der Waals surface area contributed by atoms with Crippen LogP contribution in [0.3, 0.4) is 0 Å². The zero-order valence-electron chi connectivity index (χ0n) is 24.5. The quantitative estimate of drug-likeness (QED) is 0.374. The molecule has 2 aromatic heterocycles. The fourth-order valence-corrected chi connectivity index (χ4v) is 6.27. The fraction of sp³-hybridized carbons (Fsp3) is 0.562. The van der Waals surface area contributed by atoms with Crippen molar-refractivity contribution in [1.29, 1.82) is 0 Å². The van der Waals surface area contributed by atoms with Gasteiger partial charge in [-0.25, -0.2) is 9.97 Å². The molecule has 2 fully saturated rings. The Morgan fingerprint density at radius 2 is 1.95 bits per heavy atom. The Bertz CT molecular complexity index is 1350. The number of likely N-dealkylation sites (tertiary alicyclic amines) is 1. The lowest BCUT2D eigenvalue weighted by molar-refractivity contribution is -0.157. The van der Waals surface area contributed by atoms with Crippen molar-refractivity contribution < 1.29 is 14.3 Å². The van der Waals surface area contributed by atoms with Crippen molar-refractivity contribution in [2.75, 3.05) is 31.6 Å². The van der Waals surface area contributed by atoms with E-state index in [-0.39, 0.29) is 23.5 Å². The van der Waals surface area contributed by atoms with Crippen LogP contribution in [0.4, 0.5) is 11.6 Å². The van der Waals surface area contributed by atoms with Gasteiger partial charge in [0.25, 0.3) is 0 Å². The van der Waals surface area contributed by atoms with E-state index in [2.05, 4.69) is 54.4 Å². The molecule has 3 aromatic rings. The summed E-state index contributed by atoms with van der Waals surface area (Å²) >= 11 is 0. The van der Waals surface area contributed by atoms with Crippen LogP contribution in [0.15, 0.2) is 42.9 Å². The number of amides is 1. The number of carbonyl (C=O) groups is 1. The second-order valence-electron chi connectivity index (χ2n) is 12.7. The summed E-state index contributed by atoms with van der Waals surface area (Å²) in [6.07, 6.45) is 12.7. The van der Waals surface area contributed by atoms with Gasteiger partial charge in [-0.05, 0) is 82.1 Å². The Morgan fingerprint density at radius 3 is 2.76 bits per heavy atom. The van der Waals surface area contributed by atoms with Crippen molar-refractivity contribution in [2.45, 2.75) is 89.4 Å². The van der Waals surface area contributed by atoms with Gasteiger partial charge in [-0.3, -0.25) is 9.48 Å². The lowest BCUT2D eigenvalue weighted by Gasteiger charge is -2.42. The van der Waals surface area contributed by atoms with Gasteiger partial charge >= 0.3 is 0 Å². The first-order chi connectivity index (χ1) is 19.8. The molecular weight excluding hydrogens is 516 g/mol. The molecule has 0 saturated carbocycles. The van der Waals surface area contributed by atoms with E-state index >= 15 is 0 Å². The van der Waals surface area contributed by atoms with Gasteiger partial charge in [0.05, 0.1) is 35.3 Å². The van der Waals surface area contributed by atoms with Crippen LogP contribution in [-0.4, -0.2) is 68.6 Å². The molecule has 218 valence electrons. The van der Waals surface area contributed by atoms with Crippen LogP contribution in [-0.2, 0) is 20.7 Å². The molecule has 1 aromatic carbocycles. The van der Waals surface area contributed by atoms with Gasteiger partial charge < -0.3 is 19.7 Å². The zero-order valence-corrected chi connectivity index (χ0v) is 24.5. The number of nitrogens with one attached hydrogen (secondary N) is 1. The molecular formula is C32H42N6O3. The summed E-state index contributed by atoms with van der Waals surface area (Å²) in [7, 11) is 0. The van der Waals surface area contributed by atoms with E-state index in [1.54, 1.807) is 6.20 Å². The highest BCUT2D eigenvalue weighted by atomic mass is 16.5. The first-order valence-electron chi connectivity index (χ1n) is 15.1. The van der Waals surface area contributed by atoms with Gasteiger partial charge in [0, 0.05) is 50.7 Å². The molecule has 41 heavy (non-hydrogen) atoms. The minimum absolute atomic E-state index is 0.151. The van der Waals surface area contributed by atoms with Crippen molar-refractivity contribution in [1.82, 2.24) is 24.6 Å². The van der Waals surface area contributed by atoms with Gasteiger partial charge in [0.1, 0.15) is 0 Å². The molecule has 2 aliphatic heterocycles. The van der Waals surface area contributed by atoms with Gasteiger partial charge in [-0.2, -0.15) is 5.10 Å². The SMILES string of the molecule is CC(C)(C)OC1CN(C(=O)CC2CCCCc3cc(-c4ccnc(Nc5cnn(C6CCOCC6)c5)n4)ccc32)C1. The maximum atomic E-state index is 13.1. The van der Waals surface area contributed by atoms with Crippen LogP contribution in [0.5, 0.6) is 0 Å². The van der Waals surface area contributed by atoms with E-state index in [9.17, 15) is 4.79 Å². The molecule has 0 spiro atoms. The number of fused-ring (bicyclic) bond motifs is 1. The minimum atomic E-state index is -0.174. The molecule has 6 rings (SSSR count). The summed E-state index contributed by atoms with van der Waals surface area (Å²) in [5.41, 5.74) is 5.30. The Balaban J connectivity index is 1.12. The van der Waals surface area contributed by atoms with Crippen LogP contribution in [0.1, 0.15) is 82.4 Å². The molecule has 4 heterocycles. The summed E-state index contributed by atoms with van der Waals surface area (Å²) in [6.45, 7) is 9.17. The smallest absolute Gasteiger partial charge is 0.227 e. The molecule has 3 aliphatic rings. The monoisotopic (exact) mass is 558 g/mol. The second kappa shape index (κ2) is 11.9. The van der Waals surface area contributed by atoms with Crippen molar-refractivity contribution in [3.05, 3.63) is 54.0 Å². The van der Waals surface area contributed by atoms with Crippen LogP contribution in [0.2, 0.25) is 0 Å². The van der Waals surface area contributed by atoms with Gasteiger partial charge in [0.2, 0.25) is 11.9 Å². The summed E-state index contributed by atoms with van der Waals surface area (Å²) in [5, 5.41) is 7.87. The number of hydrogen-bond acceptors (Lipinski definition) is 7. The van der Waals surface area contributed by atoms with E-state index in [0.29, 0.717) is 31.5 Å². The molecule has 1 aliphatic carbocycles. The van der Waals surface area contributed by atoms with Gasteiger partial charge in [-0.15, -0.1) is 0 Å². The van der Waals surface area contributed by atoms with Crippen LogP contribution in [0, 0.1) is 0 Å². The summed E-state index contributed by atoms with van der Waals surface area (Å²) in [4.78, 5) is 24.4. The third kappa shape index (κ3) is 6.79. The lowest BCUT2D eigenvalue weighted by atomic mass is 9.88. The Hall–Kier alpha value is -3.30. The zero-order chi connectivity index (χ0) is 28.4. The summed E-state index contributed by atoms with van der Waals surface area (Å²) < 4.78 is 13.5. The van der Waals surface area contributed by atoms with E-state index in [0.717, 1.165) is 68.7 Å². The molecule has 1 unspecified atom stereocenters. The molecule has 0 bridgehead atoms. The number of carbonyl (C=O) groups excluding carboxylic acids is 1. The van der Waals surface area contributed by atoms with E-state index < -0.39 is 0 Å². The Labute approximate surface area is 242 Å². The van der Waals surface area contributed by atoms with Crippen LogP contribution >= 0.6 is 0 Å². The highest BCUT2D eigenvalue weighted by Crippen LogP contribution is 2.36. The molecule has 1 N–H and O–H groups in total. The first-order valence-corrected chi connectivity index (χ1v) is 15.1. The highest BCUT2D eigenvalue weighted by Gasteiger charge is 2.35. The van der Waals surface area contributed by atoms with Crippen molar-refractivity contribution in [3.8, 4) is 11.3 Å². The van der Waals surface area contributed by atoms with Gasteiger partial charge in [-0.1, -0.05) is 18.6 Å². The molecule has 9 nitrogen and oxygen atoms in total. The maximum Gasteiger partial charge on any atom is 0.227 e. The number of rotatable bonds is 7. The Kier molecular flexibility index (Phi) is 8.08. The number of aryl methyl sites for hydroxylation is 1. The molecule has 2 saturated heterocycles. The van der Waals surface area contributed by atoms with E-state index in [4.69, 9.17) is 14.5 Å². The number of nitrogens with zero attached hydrogens (tertiary/aromatic N) is 5. The van der Waals surface area contributed by atoms with E-state index in [1.165, 1.54) is 11.1 Å². The molecule has 0 radical (unpaired) electrons. The van der Waals surface area contributed by atoms with Crippen LogP contribution < -0.4 is 5.32 Å². The number of ether oxygens (including phenoxy) is 2. The average molecular weight is 559 g/mol. The molecule has 9 heteroatoms. The Morgan fingerprint density at radius 1 is 1.12 bits per heavy atom. The van der Waals surface area contributed by atoms with Crippen molar-refractivity contribution >= 4 is 17.5 Å². The summed E-state index contributed by atoms with van der Waals surface area (Å²) in [6, 6.07) is 8.96. The van der Waals surface area contributed by atoms with Crippen molar-refractivity contribution in [3.63, 3.8) is 0 Å². The number of hydrogen-bond donors (Lipinski definition) is 1. The van der Waals surface area contributed by atoms with E-state index in [1.807, 2.05) is 28.0 Å². The number of aromatic nitrogens is 4.